The molecule has 1 fully saturated rings. The lowest BCUT2D eigenvalue weighted by atomic mass is 10.0. The van der Waals surface area contributed by atoms with Gasteiger partial charge in [0.2, 0.25) is 11.8 Å². The molecule has 1 saturated heterocycles. The second-order valence-corrected chi connectivity index (χ2v) is 10.3. The zero-order chi connectivity index (χ0) is 26.8. The maximum Gasteiger partial charge on any atom is 0.253 e. The van der Waals surface area contributed by atoms with E-state index in [4.69, 9.17) is 9.97 Å². The number of anilines is 2. The van der Waals surface area contributed by atoms with Crippen molar-refractivity contribution in [3.63, 3.8) is 0 Å². The van der Waals surface area contributed by atoms with Crippen molar-refractivity contribution < 1.29 is 14.4 Å². The van der Waals surface area contributed by atoms with Crippen molar-refractivity contribution in [2.24, 2.45) is 5.92 Å². The first-order chi connectivity index (χ1) is 18.3. The van der Waals surface area contributed by atoms with E-state index in [1.165, 1.54) is 6.92 Å². The fourth-order valence-electron chi connectivity index (χ4n) is 5.06. The SMILES string of the molecule is CC(=O)Nc1ccc(C(=O)N2CCN3Cc4nc(c5ccccc5n4)N[C@@H](C(C)C)C(=O)NCC3C2)cc1. The van der Waals surface area contributed by atoms with Crippen LogP contribution in [0.2, 0.25) is 0 Å². The second kappa shape index (κ2) is 10.7. The summed E-state index contributed by atoms with van der Waals surface area (Å²) in [4.78, 5) is 51.6. The largest absolute Gasteiger partial charge is 0.358 e. The molecule has 3 heterocycles. The third-order valence-electron chi connectivity index (χ3n) is 7.09. The van der Waals surface area contributed by atoms with Gasteiger partial charge < -0.3 is 20.9 Å². The summed E-state index contributed by atoms with van der Waals surface area (Å²) in [6.07, 6.45) is 0. The highest BCUT2D eigenvalue weighted by atomic mass is 16.2. The third-order valence-corrected chi connectivity index (χ3v) is 7.09. The highest BCUT2D eigenvalue weighted by molar-refractivity contribution is 5.96. The van der Waals surface area contributed by atoms with Gasteiger partial charge in [-0.15, -0.1) is 0 Å². The zero-order valence-electron chi connectivity index (χ0n) is 21.9. The summed E-state index contributed by atoms with van der Waals surface area (Å²) in [5.74, 6) is 1.05. The predicted molar refractivity (Wildman–Crippen MR) is 146 cm³/mol. The molecule has 1 unspecified atom stereocenters. The molecule has 0 spiro atoms. The summed E-state index contributed by atoms with van der Waals surface area (Å²) < 4.78 is 0. The zero-order valence-corrected chi connectivity index (χ0v) is 21.9. The van der Waals surface area contributed by atoms with E-state index < -0.39 is 6.04 Å². The molecule has 10 heteroatoms. The third kappa shape index (κ3) is 5.45. The molecule has 2 atom stereocenters. The van der Waals surface area contributed by atoms with Gasteiger partial charge in [-0.1, -0.05) is 26.0 Å². The molecule has 3 N–H and O–H groups in total. The number of benzene rings is 2. The summed E-state index contributed by atoms with van der Waals surface area (Å²) in [5, 5.41) is 10.1. The number of rotatable bonds is 3. The fraction of sp³-hybridized carbons (Fsp3) is 0.393. The van der Waals surface area contributed by atoms with Crippen molar-refractivity contribution in [3.8, 4) is 0 Å². The molecule has 0 aliphatic carbocycles. The number of nitrogens with one attached hydrogen (secondary N) is 3. The Morgan fingerprint density at radius 1 is 1.05 bits per heavy atom. The Kier molecular flexibility index (Phi) is 7.24. The Hall–Kier alpha value is -4.05. The minimum Gasteiger partial charge on any atom is -0.358 e. The molecule has 2 aromatic carbocycles. The standard InChI is InChI=1S/C28H33N7O3/c1-17(2)25-27(37)29-14-21-15-35(28(38)19-8-10-20(11-9-19)30-18(3)36)13-12-34(21)16-24-31-23-7-5-4-6-22(23)26(32-24)33-25/h4-11,17,21,25H,12-16H2,1-3H3,(H,29,37)(H,30,36)(H,31,32,33)/t21?,25-/m0/s1. The van der Waals surface area contributed by atoms with E-state index >= 15 is 0 Å². The van der Waals surface area contributed by atoms with Crippen LogP contribution < -0.4 is 16.0 Å². The quantitative estimate of drug-likeness (QED) is 0.490. The first kappa shape index (κ1) is 25.6. The molecular weight excluding hydrogens is 482 g/mol. The van der Waals surface area contributed by atoms with Gasteiger partial charge in [0.25, 0.3) is 5.91 Å². The molecule has 1 aromatic heterocycles. The Balaban J connectivity index is 1.40. The molecule has 3 aromatic rings. The first-order valence-electron chi connectivity index (χ1n) is 13.0. The number of carbonyl (C=O) groups is 3. The second-order valence-electron chi connectivity index (χ2n) is 10.3. The number of piperazine rings is 1. The van der Waals surface area contributed by atoms with Crippen LogP contribution in [0.4, 0.5) is 11.5 Å². The van der Waals surface area contributed by atoms with Crippen LogP contribution in [0.1, 0.15) is 37.0 Å². The normalized spacial score (nSPS) is 20.2. The van der Waals surface area contributed by atoms with Crippen LogP contribution in [0.15, 0.2) is 48.5 Å². The summed E-state index contributed by atoms with van der Waals surface area (Å²) in [6, 6.07) is 14.2. The van der Waals surface area contributed by atoms with Gasteiger partial charge in [0, 0.05) is 55.8 Å². The number of hydrogen-bond donors (Lipinski definition) is 3. The lowest BCUT2D eigenvalue weighted by molar-refractivity contribution is -0.123. The van der Waals surface area contributed by atoms with Gasteiger partial charge in [0.1, 0.15) is 17.7 Å². The van der Waals surface area contributed by atoms with Gasteiger partial charge in [-0.3, -0.25) is 19.3 Å². The van der Waals surface area contributed by atoms with Crippen molar-refractivity contribution in [1.82, 2.24) is 25.1 Å². The molecule has 2 bridgehead atoms. The van der Waals surface area contributed by atoms with Crippen molar-refractivity contribution >= 4 is 40.1 Å². The molecule has 0 saturated carbocycles. The van der Waals surface area contributed by atoms with Gasteiger partial charge in [0.05, 0.1) is 12.1 Å². The van der Waals surface area contributed by atoms with E-state index in [0.717, 1.165) is 10.9 Å². The van der Waals surface area contributed by atoms with Gasteiger partial charge >= 0.3 is 0 Å². The summed E-state index contributed by atoms with van der Waals surface area (Å²) in [5.41, 5.74) is 2.03. The summed E-state index contributed by atoms with van der Waals surface area (Å²) >= 11 is 0. The van der Waals surface area contributed by atoms with Crippen molar-refractivity contribution in [1.29, 1.82) is 0 Å². The highest BCUT2D eigenvalue weighted by Crippen LogP contribution is 2.25. The van der Waals surface area contributed by atoms with Gasteiger partial charge in [0.15, 0.2) is 0 Å². The number of para-hydroxylation sites is 1. The van der Waals surface area contributed by atoms with Crippen LogP contribution in [-0.2, 0) is 16.1 Å². The number of hydrogen-bond acceptors (Lipinski definition) is 7. The topological polar surface area (TPSA) is 120 Å². The Bertz CT molecular complexity index is 1360. The highest BCUT2D eigenvalue weighted by Gasteiger charge is 2.33. The predicted octanol–water partition coefficient (Wildman–Crippen LogP) is 2.48. The minimum atomic E-state index is -0.462. The van der Waals surface area contributed by atoms with E-state index in [9.17, 15) is 14.4 Å². The Morgan fingerprint density at radius 3 is 2.55 bits per heavy atom. The smallest absolute Gasteiger partial charge is 0.253 e. The number of nitrogens with zero attached hydrogens (tertiary/aromatic N) is 4. The Morgan fingerprint density at radius 2 is 1.82 bits per heavy atom. The molecule has 2 aliphatic rings. The van der Waals surface area contributed by atoms with Crippen LogP contribution in [0, 0.1) is 5.92 Å². The summed E-state index contributed by atoms with van der Waals surface area (Å²) in [7, 11) is 0. The van der Waals surface area contributed by atoms with E-state index in [-0.39, 0.29) is 29.7 Å². The molecular formula is C28H33N7O3. The minimum absolute atomic E-state index is 0.0360. The van der Waals surface area contributed by atoms with Crippen molar-refractivity contribution in [2.75, 3.05) is 36.8 Å². The van der Waals surface area contributed by atoms with E-state index in [1.54, 1.807) is 24.3 Å². The molecule has 5 rings (SSSR count). The van der Waals surface area contributed by atoms with Crippen LogP contribution in [0.5, 0.6) is 0 Å². The van der Waals surface area contributed by atoms with Gasteiger partial charge in [-0.2, -0.15) is 0 Å². The van der Waals surface area contributed by atoms with E-state index in [0.29, 0.717) is 55.6 Å². The summed E-state index contributed by atoms with van der Waals surface area (Å²) in [6.45, 7) is 8.02. The van der Waals surface area contributed by atoms with Crippen molar-refractivity contribution in [3.05, 3.63) is 59.9 Å². The van der Waals surface area contributed by atoms with Crippen molar-refractivity contribution in [2.45, 2.75) is 39.4 Å². The van der Waals surface area contributed by atoms with E-state index in [1.807, 2.05) is 43.0 Å². The molecule has 10 nitrogen and oxygen atoms in total. The molecule has 2 aliphatic heterocycles. The fourth-order valence-corrected chi connectivity index (χ4v) is 5.06. The number of carbonyl (C=O) groups excluding carboxylic acids is 3. The van der Waals surface area contributed by atoms with Crippen LogP contribution >= 0.6 is 0 Å². The van der Waals surface area contributed by atoms with Crippen LogP contribution in [0.25, 0.3) is 10.9 Å². The monoisotopic (exact) mass is 515 g/mol. The maximum absolute atomic E-state index is 13.3. The Labute approximate surface area is 221 Å². The number of aromatic nitrogens is 2. The van der Waals surface area contributed by atoms with Crippen LogP contribution in [-0.4, -0.2) is 75.8 Å². The van der Waals surface area contributed by atoms with Crippen LogP contribution in [0.3, 0.4) is 0 Å². The lowest BCUT2D eigenvalue weighted by Gasteiger charge is -2.41. The molecule has 3 amide bonds. The lowest BCUT2D eigenvalue weighted by Crippen LogP contribution is -2.58. The average Bonchev–Trinajstić information content (AvgIpc) is 2.92. The van der Waals surface area contributed by atoms with E-state index in [2.05, 4.69) is 20.9 Å². The van der Waals surface area contributed by atoms with Gasteiger partial charge in [-0.25, -0.2) is 9.97 Å². The molecule has 38 heavy (non-hydrogen) atoms. The molecule has 198 valence electrons. The van der Waals surface area contributed by atoms with Gasteiger partial charge in [-0.05, 0) is 42.3 Å². The molecule has 0 radical (unpaired) electrons. The first-order valence-corrected chi connectivity index (χ1v) is 13.0. The average molecular weight is 516 g/mol. The number of amides is 3. The number of fused-ring (bicyclic) bond motifs is 5. The maximum atomic E-state index is 13.3.